The molecule has 0 unspecified atom stereocenters. The molecule has 2 aromatic rings. The monoisotopic (exact) mass is 239 g/mol. The zero-order chi connectivity index (χ0) is 12.4. The molecule has 1 aromatic carbocycles. The summed E-state index contributed by atoms with van der Waals surface area (Å²) in [5.41, 5.74) is 1.97. The van der Waals surface area contributed by atoms with Crippen molar-refractivity contribution < 1.29 is 0 Å². The van der Waals surface area contributed by atoms with Gasteiger partial charge >= 0.3 is 0 Å². The first-order valence-electron chi connectivity index (χ1n) is 6.61. The Labute approximate surface area is 106 Å². The van der Waals surface area contributed by atoms with Gasteiger partial charge in [0.1, 0.15) is 0 Å². The molecule has 0 aliphatic heterocycles. The first-order chi connectivity index (χ1) is 8.84. The molecule has 1 aromatic heterocycles. The Morgan fingerprint density at radius 1 is 1.06 bits per heavy atom. The van der Waals surface area contributed by atoms with Crippen LogP contribution in [-0.2, 0) is 0 Å². The van der Waals surface area contributed by atoms with Crippen molar-refractivity contribution in [3.63, 3.8) is 0 Å². The van der Waals surface area contributed by atoms with Crippen LogP contribution in [0.15, 0.2) is 47.3 Å². The van der Waals surface area contributed by atoms with Crippen molar-refractivity contribution in [1.29, 1.82) is 0 Å². The number of nitrogens with one attached hydrogen (secondary N) is 1. The second kappa shape index (κ2) is 4.81. The summed E-state index contributed by atoms with van der Waals surface area (Å²) in [6, 6.07) is 10.1. The molecule has 0 bridgehead atoms. The van der Waals surface area contributed by atoms with E-state index in [9.17, 15) is 4.79 Å². The number of allylic oxidation sites excluding steroid dienone is 2. The summed E-state index contributed by atoms with van der Waals surface area (Å²) in [6.45, 7) is 0. The summed E-state index contributed by atoms with van der Waals surface area (Å²) in [7, 11) is 0. The molecule has 18 heavy (non-hydrogen) atoms. The van der Waals surface area contributed by atoms with Crippen molar-refractivity contribution >= 4 is 10.9 Å². The van der Waals surface area contributed by atoms with E-state index >= 15 is 0 Å². The summed E-state index contributed by atoms with van der Waals surface area (Å²) in [5, 5.41) is 1.13. The number of pyridine rings is 1. The number of aromatic amines is 1. The highest BCUT2D eigenvalue weighted by molar-refractivity contribution is 5.78. The van der Waals surface area contributed by atoms with Crippen molar-refractivity contribution in [3.8, 4) is 0 Å². The molecule has 2 nitrogen and oxygen atoms in total. The Bertz CT molecular complexity index is 629. The van der Waals surface area contributed by atoms with E-state index in [4.69, 9.17) is 0 Å². The zero-order valence-electron chi connectivity index (χ0n) is 10.4. The van der Waals surface area contributed by atoms with E-state index < -0.39 is 0 Å². The molecule has 0 saturated heterocycles. The Balaban J connectivity index is 2.05. The number of hydrogen-bond acceptors (Lipinski definition) is 1. The number of para-hydroxylation sites is 1. The summed E-state index contributed by atoms with van der Waals surface area (Å²) in [6.07, 6.45) is 8.79. The number of fused-ring (bicyclic) bond motifs is 1. The lowest BCUT2D eigenvalue weighted by molar-refractivity contribution is 0.598. The molecule has 1 heterocycles. The van der Waals surface area contributed by atoms with Crippen molar-refractivity contribution in [1.82, 2.24) is 4.98 Å². The third kappa shape index (κ3) is 2.10. The van der Waals surface area contributed by atoms with Crippen LogP contribution < -0.4 is 5.56 Å². The van der Waals surface area contributed by atoms with Crippen LogP contribution in [0.25, 0.3) is 10.9 Å². The Morgan fingerprint density at radius 3 is 2.56 bits per heavy atom. The lowest BCUT2D eigenvalue weighted by Gasteiger charge is -2.14. The fourth-order valence-corrected chi connectivity index (χ4v) is 2.75. The lowest BCUT2D eigenvalue weighted by Crippen LogP contribution is -2.16. The van der Waals surface area contributed by atoms with Gasteiger partial charge in [0.05, 0.1) is 0 Å². The number of benzene rings is 1. The molecule has 1 N–H and O–H groups in total. The van der Waals surface area contributed by atoms with Gasteiger partial charge in [-0.3, -0.25) is 4.79 Å². The second-order valence-corrected chi connectivity index (χ2v) is 4.96. The summed E-state index contributed by atoms with van der Waals surface area (Å²) >= 11 is 0. The number of aromatic nitrogens is 1. The first-order valence-corrected chi connectivity index (χ1v) is 6.61. The van der Waals surface area contributed by atoms with Gasteiger partial charge in [-0.15, -0.1) is 0 Å². The Kier molecular flexibility index (Phi) is 3.01. The minimum absolute atomic E-state index is 0.0839. The molecule has 0 atom stereocenters. The highest BCUT2D eigenvalue weighted by atomic mass is 16.1. The molecule has 1 aliphatic carbocycles. The largest absolute Gasteiger partial charge is 0.322 e. The van der Waals surface area contributed by atoms with E-state index in [2.05, 4.69) is 29.3 Å². The molecule has 0 spiro atoms. The van der Waals surface area contributed by atoms with E-state index in [0.717, 1.165) is 42.1 Å². The SMILES string of the molecule is O=c1[nH]c2ccccc2cc1C1CCC=CCC1. The predicted molar refractivity (Wildman–Crippen MR) is 74.9 cm³/mol. The highest BCUT2D eigenvalue weighted by Gasteiger charge is 2.16. The molecule has 92 valence electrons. The molecule has 0 saturated carbocycles. The predicted octanol–water partition coefficient (Wildman–Crippen LogP) is 3.74. The van der Waals surface area contributed by atoms with Gasteiger partial charge in [-0.25, -0.2) is 0 Å². The maximum absolute atomic E-state index is 12.2. The summed E-state index contributed by atoms with van der Waals surface area (Å²) in [4.78, 5) is 15.2. The second-order valence-electron chi connectivity index (χ2n) is 4.96. The maximum Gasteiger partial charge on any atom is 0.251 e. The van der Waals surface area contributed by atoms with Crippen LogP contribution in [-0.4, -0.2) is 4.98 Å². The van der Waals surface area contributed by atoms with Gasteiger partial charge in [-0.2, -0.15) is 0 Å². The molecule has 1 aliphatic rings. The van der Waals surface area contributed by atoms with E-state index in [1.54, 1.807) is 0 Å². The molecule has 0 fully saturated rings. The molecular formula is C16H17NO. The smallest absolute Gasteiger partial charge is 0.251 e. The lowest BCUT2D eigenvalue weighted by atomic mass is 9.92. The van der Waals surface area contributed by atoms with Gasteiger partial charge in [0.2, 0.25) is 0 Å². The summed E-state index contributed by atoms with van der Waals surface area (Å²) in [5.74, 6) is 0.397. The van der Waals surface area contributed by atoms with Crippen LogP contribution in [0.1, 0.15) is 37.2 Å². The number of hydrogen-bond donors (Lipinski definition) is 1. The minimum atomic E-state index is 0.0839. The molecular weight excluding hydrogens is 222 g/mol. The van der Waals surface area contributed by atoms with Crippen molar-refractivity contribution in [2.45, 2.75) is 31.6 Å². The molecule has 2 heteroatoms. The van der Waals surface area contributed by atoms with Crippen LogP contribution in [0.3, 0.4) is 0 Å². The third-order valence-electron chi connectivity index (χ3n) is 3.75. The van der Waals surface area contributed by atoms with E-state index in [1.165, 1.54) is 0 Å². The van der Waals surface area contributed by atoms with Crippen LogP contribution in [0, 0.1) is 0 Å². The molecule has 0 radical (unpaired) electrons. The van der Waals surface area contributed by atoms with Crippen LogP contribution >= 0.6 is 0 Å². The van der Waals surface area contributed by atoms with Crippen LogP contribution in [0.2, 0.25) is 0 Å². The standard InChI is InChI=1S/C16H17NO/c18-16-14(12-7-3-1-2-4-8-12)11-13-9-5-6-10-15(13)17-16/h1-2,5-6,9-12H,3-4,7-8H2,(H,17,18). The van der Waals surface area contributed by atoms with E-state index in [0.29, 0.717) is 5.92 Å². The fourth-order valence-electron chi connectivity index (χ4n) is 2.75. The number of H-pyrrole nitrogens is 1. The van der Waals surface area contributed by atoms with Crippen LogP contribution in [0.4, 0.5) is 0 Å². The topological polar surface area (TPSA) is 32.9 Å². The Morgan fingerprint density at radius 2 is 1.78 bits per heavy atom. The summed E-state index contributed by atoms with van der Waals surface area (Å²) < 4.78 is 0. The quantitative estimate of drug-likeness (QED) is 0.755. The van der Waals surface area contributed by atoms with Crippen molar-refractivity contribution in [2.75, 3.05) is 0 Å². The van der Waals surface area contributed by atoms with E-state index in [-0.39, 0.29) is 5.56 Å². The Hall–Kier alpha value is -1.83. The van der Waals surface area contributed by atoms with Gasteiger partial charge in [0, 0.05) is 11.1 Å². The van der Waals surface area contributed by atoms with Crippen molar-refractivity contribution in [3.05, 3.63) is 58.4 Å². The third-order valence-corrected chi connectivity index (χ3v) is 3.75. The van der Waals surface area contributed by atoms with Crippen LogP contribution in [0.5, 0.6) is 0 Å². The van der Waals surface area contributed by atoms with Crippen molar-refractivity contribution in [2.24, 2.45) is 0 Å². The van der Waals surface area contributed by atoms with Gasteiger partial charge in [0.15, 0.2) is 0 Å². The number of rotatable bonds is 1. The minimum Gasteiger partial charge on any atom is -0.322 e. The normalized spacial score (nSPS) is 16.9. The highest BCUT2D eigenvalue weighted by Crippen LogP contribution is 2.28. The first kappa shape index (κ1) is 11.3. The van der Waals surface area contributed by atoms with E-state index in [1.807, 2.05) is 18.2 Å². The van der Waals surface area contributed by atoms with Gasteiger partial charge < -0.3 is 4.98 Å². The van der Waals surface area contributed by atoms with Gasteiger partial charge in [-0.1, -0.05) is 30.4 Å². The fraction of sp³-hybridized carbons (Fsp3) is 0.312. The van der Waals surface area contributed by atoms with Gasteiger partial charge in [-0.05, 0) is 49.1 Å². The average Bonchev–Trinajstić information content (AvgIpc) is 2.66. The molecule has 3 rings (SSSR count). The average molecular weight is 239 g/mol. The zero-order valence-corrected chi connectivity index (χ0v) is 10.4. The van der Waals surface area contributed by atoms with Gasteiger partial charge in [0.25, 0.3) is 5.56 Å². The maximum atomic E-state index is 12.2. The molecule has 0 amide bonds.